The number of nitrogens with zero attached hydrogens (tertiary/aromatic N) is 3. The van der Waals surface area contributed by atoms with Crippen LogP contribution in [-0.4, -0.2) is 28.1 Å². The van der Waals surface area contributed by atoms with E-state index in [4.69, 9.17) is 11.6 Å². The summed E-state index contributed by atoms with van der Waals surface area (Å²) in [5.74, 6) is -0.268. The van der Waals surface area contributed by atoms with Gasteiger partial charge < -0.3 is 5.32 Å². The molecule has 8 heteroatoms. The van der Waals surface area contributed by atoms with Gasteiger partial charge in [0.1, 0.15) is 18.2 Å². The number of aromatic nitrogens is 2. The van der Waals surface area contributed by atoms with Crippen molar-refractivity contribution in [3.05, 3.63) is 71.0 Å². The number of fused-ring (bicyclic) bond motifs is 1. The molecule has 1 N–H and O–H groups in total. The number of aryl methyl sites for hydroxylation is 1. The summed E-state index contributed by atoms with van der Waals surface area (Å²) >= 11 is 6.06. The van der Waals surface area contributed by atoms with Gasteiger partial charge in [-0.1, -0.05) is 35.9 Å². The quantitative estimate of drug-likeness (QED) is 0.698. The molecule has 2 amide bonds. The molecule has 0 radical (unpaired) electrons. The fourth-order valence-electron chi connectivity index (χ4n) is 3.26. The van der Waals surface area contributed by atoms with Crippen LogP contribution in [0.25, 0.3) is 11.3 Å². The number of hydrogen-bond acceptors (Lipinski definition) is 3. The van der Waals surface area contributed by atoms with Crippen LogP contribution in [-0.2, 0) is 22.7 Å². The molecule has 3 aromatic rings. The lowest BCUT2D eigenvalue weighted by Crippen LogP contribution is -2.44. The zero-order valence-corrected chi connectivity index (χ0v) is 16.2. The van der Waals surface area contributed by atoms with Crippen LogP contribution >= 0.6 is 11.6 Å². The Hall–Kier alpha value is -3.19. The van der Waals surface area contributed by atoms with Crippen LogP contribution < -0.4 is 10.2 Å². The molecule has 4 rings (SSSR count). The largest absolute Gasteiger partial charge is 0.350 e. The Kier molecular flexibility index (Phi) is 5.31. The van der Waals surface area contributed by atoms with Crippen molar-refractivity contribution in [2.45, 2.75) is 19.5 Å². The summed E-state index contributed by atoms with van der Waals surface area (Å²) in [6, 6.07) is 15.1. The van der Waals surface area contributed by atoms with Crippen molar-refractivity contribution in [2.75, 3.05) is 11.4 Å². The van der Waals surface area contributed by atoms with E-state index in [0.29, 0.717) is 28.6 Å². The zero-order chi connectivity index (χ0) is 20.4. The summed E-state index contributed by atoms with van der Waals surface area (Å²) in [7, 11) is 0. The molecule has 0 saturated carbocycles. The van der Waals surface area contributed by atoms with Gasteiger partial charge in [-0.2, -0.15) is 5.10 Å². The molecule has 0 unspecified atom stereocenters. The fraction of sp³-hybridized carbons (Fsp3) is 0.190. The van der Waals surface area contributed by atoms with Gasteiger partial charge >= 0.3 is 0 Å². The van der Waals surface area contributed by atoms with E-state index in [-0.39, 0.29) is 37.1 Å². The molecule has 1 aliphatic heterocycles. The van der Waals surface area contributed by atoms with Crippen LogP contribution in [0.15, 0.2) is 54.6 Å². The predicted molar refractivity (Wildman–Crippen MR) is 108 cm³/mol. The summed E-state index contributed by atoms with van der Waals surface area (Å²) in [6.07, 6.45) is 0.265. The lowest BCUT2D eigenvalue weighted by atomic mass is 10.1. The first-order valence-corrected chi connectivity index (χ1v) is 9.53. The second kappa shape index (κ2) is 8.05. The van der Waals surface area contributed by atoms with Crippen LogP contribution in [0, 0.1) is 5.82 Å². The Balaban J connectivity index is 1.49. The van der Waals surface area contributed by atoms with Gasteiger partial charge in [-0.3, -0.25) is 14.5 Å². The highest BCUT2D eigenvalue weighted by molar-refractivity contribution is 6.30. The summed E-state index contributed by atoms with van der Waals surface area (Å²) in [5.41, 5.74) is 2.17. The number of carbonyl (C=O) groups is 2. The maximum Gasteiger partial charge on any atom is 0.240 e. The number of nitrogens with one attached hydrogen (secondary N) is 1. The molecule has 2 heterocycles. The highest BCUT2D eigenvalue weighted by atomic mass is 35.5. The van der Waals surface area contributed by atoms with Crippen molar-refractivity contribution in [1.29, 1.82) is 0 Å². The summed E-state index contributed by atoms with van der Waals surface area (Å²) < 4.78 is 15.0. The lowest BCUT2D eigenvalue weighted by Gasteiger charge is -2.26. The topological polar surface area (TPSA) is 67.2 Å². The third kappa shape index (κ3) is 4.30. The molecule has 2 aromatic carbocycles. The molecule has 1 aromatic heterocycles. The Morgan fingerprint density at radius 2 is 2.00 bits per heavy atom. The molecule has 148 valence electrons. The summed E-state index contributed by atoms with van der Waals surface area (Å²) in [4.78, 5) is 26.3. The molecular weight excluding hydrogens is 395 g/mol. The maximum absolute atomic E-state index is 13.3. The Bertz CT molecular complexity index is 1080. The molecule has 0 fully saturated rings. The van der Waals surface area contributed by atoms with Gasteiger partial charge in [-0.25, -0.2) is 9.07 Å². The summed E-state index contributed by atoms with van der Waals surface area (Å²) in [6.45, 7) is 0.511. The molecule has 29 heavy (non-hydrogen) atoms. The molecule has 0 aliphatic carbocycles. The van der Waals surface area contributed by atoms with Gasteiger partial charge in [0.05, 0.1) is 12.2 Å². The minimum Gasteiger partial charge on any atom is -0.350 e. The van der Waals surface area contributed by atoms with Gasteiger partial charge in [0.25, 0.3) is 0 Å². The van der Waals surface area contributed by atoms with Crippen molar-refractivity contribution in [1.82, 2.24) is 15.1 Å². The van der Waals surface area contributed by atoms with E-state index in [2.05, 4.69) is 10.4 Å². The Labute approximate surface area is 171 Å². The average Bonchev–Trinajstić information content (AvgIpc) is 3.13. The first-order chi connectivity index (χ1) is 14.0. The fourth-order valence-corrected chi connectivity index (χ4v) is 3.45. The highest BCUT2D eigenvalue weighted by Gasteiger charge is 2.28. The second-order valence-corrected chi connectivity index (χ2v) is 7.19. The molecule has 6 nitrogen and oxygen atoms in total. The number of amides is 2. The number of anilines is 1. The number of halogens is 2. The number of rotatable bonds is 5. The van der Waals surface area contributed by atoms with Gasteiger partial charge in [-0.15, -0.1) is 0 Å². The Morgan fingerprint density at radius 3 is 2.79 bits per heavy atom. The van der Waals surface area contributed by atoms with Crippen molar-refractivity contribution < 1.29 is 14.0 Å². The van der Waals surface area contributed by atoms with E-state index in [1.165, 1.54) is 17.0 Å². The molecular formula is C21H18ClFN4O2. The Morgan fingerprint density at radius 1 is 1.17 bits per heavy atom. The van der Waals surface area contributed by atoms with E-state index in [1.807, 2.05) is 12.1 Å². The smallest absolute Gasteiger partial charge is 0.240 e. The highest BCUT2D eigenvalue weighted by Crippen LogP contribution is 2.29. The molecule has 0 bridgehead atoms. The number of hydrogen-bond donors (Lipinski definition) is 1. The standard InChI is InChI=1S/C21H18ClFN4O2/c22-16-5-2-4-15(10-16)18-11-20-26(21(29)7-8-27(20)25-18)13-19(28)24-12-14-3-1-6-17(23)9-14/h1-6,9-11H,7-8,12-13H2,(H,24,28). The van der Waals surface area contributed by atoms with Gasteiger partial charge in [-0.05, 0) is 29.8 Å². The van der Waals surface area contributed by atoms with Gasteiger partial charge in [0.2, 0.25) is 11.8 Å². The third-order valence-corrected chi connectivity index (χ3v) is 4.91. The van der Waals surface area contributed by atoms with Crippen molar-refractivity contribution in [3.8, 4) is 11.3 Å². The first-order valence-electron chi connectivity index (χ1n) is 9.15. The number of carbonyl (C=O) groups excluding carboxylic acids is 2. The van der Waals surface area contributed by atoms with Crippen LogP contribution in [0.5, 0.6) is 0 Å². The summed E-state index contributed by atoms with van der Waals surface area (Å²) in [5, 5.41) is 7.87. The zero-order valence-electron chi connectivity index (χ0n) is 15.4. The van der Waals surface area contributed by atoms with Crippen LogP contribution in [0.1, 0.15) is 12.0 Å². The monoisotopic (exact) mass is 412 g/mol. The minimum atomic E-state index is -0.361. The van der Waals surface area contributed by atoms with Crippen molar-refractivity contribution in [2.24, 2.45) is 0 Å². The molecule has 0 saturated heterocycles. The van der Waals surface area contributed by atoms with Crippen LogP contribution in [0.4, 0.5) is 10.2 Å². The van der Waals surface area contributed by atoms with Gasteiger partial charge in [0, 0.05) is 29.6 Å². The SMILES string of the molecule is O=C(CN1C(=O)CCn2nc(-c3cccc(Cl)c3)cc21)NCc1cccc(F)c1. The van der Waals surface area contributed by atoms with E-state index in [9.17, 15) is 14.0 Å². The first kappa shape index (κ1) is 19.1. The number of benzene rings is 2. The van der Waals surface area contributed by atoms with E-state index < -0.39 is 0 Å². The van der Waals surface area contributed by atoms with E-state index >= 15 is 0 Å². The average molecular weight is 413 g/mol. The molecule has 0 atom stereocenters. The lowest BCUT2D eigenvalue weighted by molar-refractivity contribution is -0.124. The molecule has 0 spiro atoms. The molecule has 1 aliphatic rings. The predicted octanol–water partition coefficient (Wildman–Crippen LogP) is 3.40. The minimum absolute atomic E-state index is 0.130. The third-order valence-electron chi connectivity index (χ3n) is 4.67. The van der Waals surface area contributed by atoms with Crippen molar-refractivity contribution in [3.63, 3.8) is 0 Å². The van der Waals surface area contributed by atoms with Crippen LogP contribution in [0.3, 0.4) is 0 Å². The second-order valence-electron chi connectivity index (χ2n) is 6.76. The van der Waals surface area contributed by atoms with E-state index in [1.54, 1.807) is 35.0 Å². The van der Waals surface area contributed by atoms with Gasteiger partial charge in [0.15, 0.2) is 0 Å². The maximum atomic E-state index is 13.3. The normalized spacial score (nSPS) is 13.3. The van der Waals surface area contributed by atoms with Crippen molar-refractivity contribution >= 4 is 29.2 Å². The van der Waals surface area contributed by atoms with E-state index in [0.717, 1.165) is 5.56 Å². The van der Waals surface area contributed by atoms with Crippen LogP contribution in [0.2, 0.25) is 5.02 Å².